The van der Waals surface area contributed by atoms with Crippen LogP contribution in [0, 0.1) is 11.6 Å². The van der Waals surface area contributed by atoms with E-state index >= 15 is 13.2 Å². The third kappa shape index (κ3) is 5.14. The number of hydrogen-bond acceptors (Lipinski definition) is 1. The number of rotatable bonds is 7. The average Bonchev–Trinajstić information content (AvgIpc) is 2.82. The van der Waals surface area contributed by atoms with Crippen molar-refractivity contribution >= 4 is 32.1 Å². The first kappa shape index (κ1) is 23.9. The van der Waals surface area contributed by atoms with Gasteiger partial charge in [0.1, 0.15) is 17.5 Å². The number of allylic oxidation sites excluding steroid dienone is 4. The van der Waals surface area contributed by atoms with Gasteiger partial charge >= 0.3 is 0 Å². The molecule has 33 heavy (non-hydrogen) atoms. The Balaban J connectivity index is 1.96. The van der Waals surface area contributed by atoms with Gasteiger partial charge in [-0.05, 0) is 49.8 Å². The normalized spacial score (nSPS) is 17.8. The molecule has 0 bridgehead atoms. The van der Waals surface area contributed by atoms with E-state index in [1.807, 2.05) is 56.3 Å². The molecule has 1 aliphatic carbocycles. The quantitative estimate of drug-likeness (QED) is 0.330. The summed E-state index contributed by atoms with van der Waals surface area (Å²) in [5.74, 6) is -0.914. The molecule has 170 valence electrons. The van der Waals surface area contributed by atoms with Crippen molar-refractivity contribution in [1.29, 1.82) is 0 Å². The van der Waals surface area contributed by atoms with E-state index < -0.39 is 21.8 Å². The summed E-state index contributed by atoms with van der Waals surface area (Å²) in [7, 11) is -2.90. The molecule has 3 aromatic rings. The van der Waals surface area contributed by atoms with Crippen LogP contribution in [0.5, 0.6) is 0 Å². The topological polar surface area (TPSA) is 3.24 Å². The zero-order valence-electron chi connectivity index (χ0n) is 18.6. The maximum Gasteiger partial charge on any atom is 0.132 e. The fraction of sp³-hybridized carbons (Fsp3) is 0.185. The van der Waals surface area contributed by atoms with E-state index in [0.29, 0.717) is 17.0 Å². The number of halogens is 3. The van der Waals surface area contributed by atoms with Crippen molar-refractivity contribution in [1.82, 2.24) is 4.44 Å². The highest BCUT2D eigenvalue weighted by molar-refractivity contribution is 7.82. The Morgan fingerprint density at radius 1 is 0.788 bits per heavy atom. The molecule has 0 aliphatic heterocycles. The van der Waals surface area contributed by atoms with Crippen LogP contribution in [-0.2, 0) is 0 Å². The minimum absolute atomic E-state index is 0.0830. The molecule has 0 radical (unpaired) electrons. The molecule has 0 saturated heterocycles. The number of nitrogens with zero attached hydrogens (tertiary/aromatic N) is 1. The van der Waals surface area contributed by atoms with Crippen LogP contribution in [0.25, 0.3) is 0 Å². The average molecular weight is 483 g/mol. The molecule has 0 amide bonds. The van der Waals surface area contributed by atoms with E-state index in [2.05, 4.69) is 4.44 Å². The van der Waals surface area contributed by atoms with E-state index in [0.717, 1.165) is 5.30 Å². The summed E-state index contributed by atoms with van der Waals surface area (Å²) < 4.78 is 48.0. The molecule has 0 N–H and O–H groups in total. The first-order chi connectivity index (χ1) is 16.0. The van der Waals surface area contributed by atoms with Gasteiger partial charge in [-0.15, -0.1) is 0 Å². The van der Waals surface area contributed by atoms with Crippen molar-refractivity contribution in [2.75, 3.05) is 0 Å². The molecule has 3 aromatic carbocycles. The lowest BCUT2D eigenvalue weighted by Crippen LogP contribution is -2.37. The molecule has 1 nitrogen and oxygen atoms in total. The number of benzene rings is 3. The zero-order valence-corrected chi connectivity index (χ0v) is 20.4. The largest absolute Gasteiger partial charge is 0.245 e. The highest BCUT2D eigenvalue weighted by atomic mass is 31.2. The summed E-state index contributed by atoms with van der Waals surface area (Å²) in [6.07, 6.45) is 5.57. The van der Waals surface area contributed by atoms with Crippen LogP contribution in [0.1, 0.15) is 20.3 Å². The van der Waals surface area contributed by atoms with E-state index in [1.165, 1.54) is 18.2 Å². The van der Waals surface area contributed by atoms with E-state index in [1.54, 1.807) is 36.4 Å². The second-order valence-electron chi connectivity index (χ2n) is 8.04. The fourth-order valence-corrected chi connectivity index (χ4v) is 10.7. The summed E-state index contributed by atoms with van der Waals surface area (Å²) in [6.45, 7) is 4.05. The highest BCUT2D eigenvalue weighted by Gasteiger charge is 2.40. The van der Waals surface area contributed by atoms with Crippen molar-refractivity contribution in [2.24, 2.45) is 0 Å². The summed E-state index contributed by atoms with van der Waals surface area (Å²) in [5.41, 5.74) is -0.509. The predicted octanol–water partition coefficient (Wildman–Crippen LogP) is 6.93. The van der Waals surface area contributed by atoms with Crippen molar-refractivity contribution in [3.63, 3.8) is 0 Å². The Hall–Kier alpha value is -2.25. The monoisotopic (exact) mass is 483 g/mol. The lowest BCUT2D eigenvalue weighted by atomic mass is 10.2. The second kappa shape index (κ2) is 10.8. The van der Waals surface area contributed by atoms with Crippen LogP contribution < -0.4 is 15.9 Å². The zero-order chi connectivity index (χ0) is 23.4. The molecular formula is C27H26F3NP2. The van der Waals surface area contributed by atoms with E-state index in [9.17, 15) is 0 Å². The van der Waals surface area contributed by atoms with Crippen LogP contribution >= 0.6 is 16.1 Å². The van der Waals surface area contributed by atoms with Gasteiger partial charge in [0.05, 0.1) is 5.66 Å². The lowest BCUT2D eigenvalue weighted by Gasteiger charge is -2.44. The molecule has 4 rings (SSSR count). The summed E-state index contributed by atoms with van der Waals surface area (Å²) in [6, 6.07) is 23.0. The highest BCUT2D eigenvalue weighted by Crippen LogP contribution is 2.61. The van der Waals surface area contributed by atoms with Gasteiger partial charge in [-0.2, -0.15) is 0 Å². The summed E-state index contributed by atoms with van der Waals surface area (Å²) in [4.78, 5) is 0. The first-order valence-electron chi connectivity index (χ1n) is 10.9. The minimum atomic E-state index is -1.51. The molecule has 0 saturated carbocycles. The maximum atomic E-state index is 15.3. The standard InChI is InChI=1S/C27H26F3NP2/c1-20(2)31(32(21-12-4-3-5-13-21)25-17-9-6-14-22(25)28)33(26-18-10-7-15-23(26)29)27-19-11-8-16-24(27)30/h3-18,20,27H,19H2,1-2H3. The van der Waals surface area contributed by atoms with Gasteiger partial charge in [-0.25, -0.2) is 17.6 Å². The smallest absolute Gasteiger partial charge is 0.132 e. The molecule has 3 atom stereocenters. The second-order valence-corrected chi connectivity index (χ2v) is 12.6. The number of hydrogen-bond donors (Lipinski definition) is 0. The lowest BCUT2D eigenvalue weighted by molar-refractivity contribution is 0.549. The fourth-order valence-electron chi connectivity index (χ4n) is 4.00. The van der Waals surface area contributed by atoms with Gasteiger partial charge in [-0.3, -0.25) is 0 Å². The Labute approximate surface area is 196 Å². The van der Waals surface area contributed by atoms with Crippen molar-refractivity contribution in [3.8, 4) is 0 Å². The molecule has 1 aliphatic rings. The third-order valence-electron chi connectivity index (χ3n) is 5.43. The molecule has 3 unspecified atom stereocenters. The van der Waals surface area contributed by atoms with E-state index in [4.69, 9.17) is 0 Å². The third-order valence-corrected chi connectivity index (χ3v) is 11.8. The first-order valence-corrected chi connectivity index (χ1v) is 13.6. The molecule has 0 fully saturated rings. The Bertz CT molecular complexity index is 1150. The van der Waals surface area contributed by atoms with Crippen molar-refractivity contribution < 1.29 is 13.2 Å². The van der Waals surface area contributed by atoms with E-state index in [-0.39, 0.29) is 23.5 Å². The van der Waals surface area contributed by atoms with Gasteiger partial charge in [0.25, 0.3) is 0 Å². The van der Waals surface area contributed by atoms with Gasteiger partial charge < -0.3 is 0 Å². The Morgan fingerprint density at radius 3 is 1.94 bits per heavy atom. The molecular weight excluding hydrogens is 457 g/mol. The van der Waals surface area contributed by atoms with Crippen molar-refractivity contribution in [2.45, 2.75) is 32.0 Å². The van der Waals surface area contributed by atoms with Gasteiger partial charge in [0.15, 0.2) is 0 Å². The maximum absolute atomic E-state index is 15.3. The SMILES string of the molecule is CC(C)N(P(c1ccccc1)c1ccccc1F)P(c1ccccc1F)C1CC=CC=C1F. The van der Waals surface area contributed by atoms with Gasteiger partial charge in [0.2, 0.25) is 0 Å². The predicted molar refractivity (Wildman–Crippen MR) is 136 cm³/mol. The van der Waals surface area contributed by atoms with Gasteiger partial charge in [-0.1, -0.05) is 72.8 Å². The summed E-state index contributed by atoms with van der Waals surface area (Å²) in [5, 5.41) is 2.00. The molecule has 0 spiro atoms. The Kier molecular flexibility index (Phi) is 7.81. The molecule has 0 aromatic heterocycles. The van der Waals surface area contributed by atoms with Gasteiger partial charge in [0, 0.05) is 32.8 Å². The van der Waals surface area contributed by atoms with Crippen LogP contribution in [0.3, 0.4) is 0 Å². The molecule has 0 heterocycles. The van der Waals surface area contributed by atoms with Crippen LogP contribution in [0.15, 0.2) is 103 Å². The Morgan fingerprint density at radius 2 is 1.36 bits per heavy atom. The van der Waals surface area contributed by atoms with Crippen LogP contribution in [0.2, 0.25) is 0 Å². The van der Waals surface area contributed by atoms with Crippen LogP contribution in [0.4, 0.5) is 13.2 Å². The summed E-state index contributed by atoms with van der Waals surface area (Å²) >= 11 is 0. The minimum Gasteiger partial charge on any atom is -0.245 e. The van der Waals surface area contributed by atoms with Crippen molar-refractivity contribution in [3.05, 3.63) is 115 Å². The van der Waals surface area contributed by atoms with Crippen LogP contribution in [-0.4, -0.2) is 16.1 Å². The molecule has 6 heteroatoms.